The average Bonchev–Trinajstić information content (AvgIpc) is 3.47. The number of ether oxygens (including phenoxy) is 3. The van der Waals surface area contributed by atoms with Crippen molar-refractivity contribution in [3.05, 3.63) is 119 Å². The van der Waals surface area contributed by atoms with Crippen molar-refractivity contribution < 1.29 is 19.0 Å². The molecule has 1 aromatic heterocycles. The SMILES string of the molecule is COc1ccc(C2=C(/C=N\NC(=O)CSc3nc4ccccc4s3)[C@H](c3ccccc3C)c3ccccc3O2)cc1OC. The van der Waals surface area contributed by atoms with Crippen LogP contribution in [0.4, 0.5) is 0 Å². The second kappa shape index (κ2) is 12.7. The molecule has 0 aliphatic carbocycles. The largest absolute Gasteiger partial charge is 0.493 e. The molecule has 1 amide bonds. The lowest BCUT2D eigenvalue weighted by Crippen LogP contribution is -2.22. The fourth-order valence-corrected chi connectivity index (χ4v) is 6.97. The zero-order chi connectivity index (χ0) is 29.8. The van der Waals surface area contributed by atoms with Gasteiger partial charge in [0.2, 0.25) is 0 Å². The quantitative estimate of drug-likeness (QED) is 0.106. The van der Waals surface area contributed by atoms with Crippen molar-refractivity contribution in [2.75, 3.05) is 20.0 Å². The van der Waals surface area contributed by atoms with Gasteiger partial charge < -0.3 is 14.2 Å². The molecule has 0 unspecified atom stereocenters. The fourth-order valence-electron chi connectivity index (χ4n) is 5.11. The third-order valence-electron chi connectivity index (χ3n) is 7.15. The van der Waals surface area contributed by atoms with Crippen LogP contribution < -0.4 is 19.6 Å². The Bertz CT molecular complexity index is 1830. The minimum absolute atomic E-state index is 0.188. The van der Waals surface area contributed by atoms with Gasteiger partial charge in [-0.2, -0.15) is 5.10 Å². The summed E-state index contributed by atoms with van der Waals surface area (Å²) in [6.07, 6.45) is 1.69. The Morgan fingerprint density at radius 3 is 2.51 bits per heavy atom. The predicted octanol–water partition coefficient (Wildman–Crippen LogP) is 7.45. The lowest BCUT2D eigenvalue weighted by atomic mass is 9.80. The third-order valence-corrected chi connectivity index (χ3v) is 9.33. The van der Waals surface area contributed by atoms with Gasteiger partial charge >= 0.3 is 0 Å². The monoisotopic (exact) mass is 607 g/mol. The predicted molar refractivity (Wildman–Crippen MR) is 174 cm³/mol. The normalized spacial score (nSPS) is 14.4. The molecule has 2 heterocycles. The van der Waals surface area contributed by atoms with E-state index in [9.17, 15) is 4.79 Å². The van der Waals surface area contributed by atoms with E-state index in [1.807, 2.05) is 72.8 Å². The third kappa shape index (κ3) is 6.00. The highest BCUT2D eigenvalue weighted by Gasteiger charge is 2.32. The highest BCUT2D eigenvalue weighted by Crippen LogP contribution is 2.46. The van der Waals surface area contributed by atoms with Crippen molar-refractivity contribution in [2.24, 2.45) is 5.10 Å². The number of aromatic nitrogens is 1. The van der Waals surface area contributed by atoms with Crippen LogP contribution in [0.25, 0.3) is 16.0 Å². The number of thioether (sulfide) groups is 1. The summed E-state index contributed by atoms with van der Waals surface area (Å²) in [5.74, 6) is 2.36. The molecule has 0 saturated carbocycles. The Morgan fingerprint density at radius 1 is 0.977 bits per heavy atom. The Balaban J connectivity index is 1.35. The zero-order valence-electron chi connectivity index (χ0n) is 23.9. The Hall–Kier alpha value is -4.60. The first-order valence-corrected chi connectivity index (χ1v) is 15.4. The summed E-state index contributed by atoms with van der Waals surface area (Å²) in [5.41, 5.74) is 8.52. The molecule has 7 nitrogen and oxygen atoms in total. The number of hydrazone groups is 1. The number of methoxy groups -OCH3 is 2. The molecule has 0 bridgehead atoms. The van der Waals surface area contributed by atoms with Crippen molar-refractivity contribution in [2.45, 2.75) is 17.2 Å². The summed E-state index contributed by atoms with van der Waals surface area (Å²) in [5, 5.41) is 4.43. The van der Waals surface area contributed by atoms with E-state index >= 15 is 0 Å². The highest BCUT2D eigenvalue weighted by molar-refractivity contribution is 8.01. The number of aryl methyl sites for hydroxylation is 1. The van der Waals surface area contributed by atoms with E-state index < -0.39 is 0 Å². The summed E-state index contributed by atoms with van der Waals surface area (Å²) in [6, 6.07) is 29.9. The number of amides is 1. The number of hydrogen-bond acceptors (Lipinski definition) is 8. The van der Waals surface area contributed by atoms with Crippen molar-refractivity contribution in [1.29, 1.82) is 0 Å². The summed E-state index contributed by atoms with van der Waals surface area (Å²) in [4.78, 5) is 17.4. The van der Waals surface area contributed by atoms with Gasteiger partial charge in [-0.3, -0.25) is 4.79 Å². The molecule has 1 N–H and O–H groups in total. The number of carbonyl (C=O) groups excluding carboxylic acids is 1. The molecule has 1 aliphatic rings. The number of nitrogens with zero attached hydrogens (tertiary/aromatic N) is 2. The topological polar surface area (TPSA) is 82.0 Å². The highest BCUT2D eigenvalue weighted by atomic mass is 32.2. The van der Waals surface area contributed by atoms with Crippen molar-refractivity contribution >= 4 is 51.2 Å². The maximum absolute atomic E-state index is 12.8. The number of para-hydroxylation sites is 2. The lowest BCUT2D eigenvalue weighted by Gasteiger charge is -2.30. The molecular weight excluding hydrogens is 579 g/mol. The second-order valence-electron chi connectivity index (χ2n) is 9.81. The molecule has 9 heteroatoms. The van der Waals surface area contributed by atoms with Gasteiger partial charge in [0.05, 0.1) is 36.4 Å². The molecule has 1 aliphatic heterocycles. The van der Waals surface area contributed by atoms with Gasteiger partial charge in [-0.25, -0.2) is 10.4 Å². The molecule has 216 valence electrons. The van der Waals surface area contributed by atoms with Crippen LogP contribution in [0.2, 0.25) is 0 Å². The molecule has 1 atom stereocenters. The number of fused-ring (bicyclic) bond motifs is 2. The molecule has 5 aromatic rings. The summed E-state index contributed by atoms with van der Waals surface area (Å²) >= 11 is 2.97. The Morgan fingerprint density at radius 2 is 1.72 bits per heavy atom. The second-order valence-corrected chi connectivity index (χ2v) is 12.1. The van der Waals surface area contributed by atoms with Crippen LogP contribution >= 0.6 is 23.1 Å². The lowest BCUT2D eigenvalue weighted by molar-refractivity contribution is -0.118. The van der Waals surface area contributed by atoms with E-state index in [0.717, 1.165) is 48.1 Å². The van der Waals surface area contributed by atoms with Crippen molar-refractivity contribution in [3.63, 3.8) is 0 Å². The Labute approximate surface area is 258 Å². The van der Waals surface area contributed by atoms with Crippen LogP contribution in [0.3, 0.4) is 0 Å². The number of nitrogens with one attached hydrogen (secondary N) is 1. The summed E-state index contributed by atoms with van der Waals surface area (Å²) in [7, 11) is 3.21. The van der Waals surface area contributed by atoms with E-state index in [1.165, 1.54) is 11.8 Å². The number of allylic oxidation sites excluding steroid dienone is 1. The van der Waals surface area contributed by atoms with E-state index in [0.29, 0.717) is 17.3 Å². The molecular formula is C34H29N3O4S2. The van der Waals surface area contributed by atoms with E-state index in [1.54, 1.807) is 31.8 Å². The molecule has 43 heavy (non-hydrogen) atoms. The van der Waals surface area contributed by atoms with E-state index in [2.05, 4.69) is 40.6 Å². The Kier molecular flexibility index (Phi) is 8.44. The van der Waals surface area contributed by atoms with Gasteiger partial charge in [-0.05, 0) is 54.4 Å². The zero-order valence-corrected chi connectivity index (χ0v) is 25.5. The van der Waals surface area contributed by atoms with Crippen molar-refractivity contribution in [1.82, 2.24) is 10.4 Å². The molecule has 0 saturated heterocycles. The van der Waals surface area contributed by atoms with Gasteiger partial charge in [-0.15, -0.1) is 11.3 Å². The van der Waals surface area contributed by atoms with E-state index in [4.69, 9.17) is 14.2 Å². The minimum atomic E-state index is -0.224. The average molecular weight is 608 g/mol. The molecule has 0 radical (unpaired) electrons. The van der Waals surface area contributed by atoms with Crippen LogP contribution in [0, 0.1) is 6.92 Å². The first kappa shape index (κ1) is 28.5. The number of carbonyl (C=O) groups is 1. The van der Waals surface area contributed by atoms with Gasteiger partial charge in [0.25, 0.3) is 5.91 Å². The maximum atomic E-state index is 12.8. The van der Waals surface area contributed by atoms with Crippen LogP contribution in [0.15, 0.2) is 106 Å². The molecule has 0 fully saturated rings. The van der Waals surface area contributed by atoms with E-state index in [-0.39, 0.29) is 17.6 Å². The maximum Gasteiger partial charge on any atom is 0.250 e. The van der Waals surface area contributed by atoms with Gasteiger partial charge in [0.15, 0.2) is 15.8 Å². The van der Waals surface area contributed by atoms with Gasteiger partial charge in [-0.1, -0.05) is 66.4 Å². The van der Waals surface area contributed by atoms with Crippen LogP contribution in [0.1, 0.15) is 28.2 Å². The first-order valence-electron chi connectivity index (χ1n) is 13.6. The molecule has 4 aromatic carbocycles. The number of rotatable bonds is 9. The summed E-state index contributed by atoms with van der Waals surface area (Å²) in [6.45, 7) is 2.10. The first-order chi connectivity index (χ1) is 21.1. The molecule has 6 rings (SSSR count). The minimum Gasteiger partial charge on any atom is -0.493 e. The van der Waals surface area contributed by atoms with Crippen LogP contribution in [0.5, 0.6) is 17.2 Å². The fraction of sp³-hybridized carbons (Fsp3) is 0.147. The number of hydrogen-bond donors (Lipinski definition) is 1. The number of thiazole rings is 1. The van der Waals surface area contributed by atoms with Crippen LogP contribution in [-0.4, -0.2) is 37.1 Å². The van der Waals surface area contributed by atoms with Crippen molar-refractivity contribution in [3.8, 4) is 17.2 Å². The van der Waals surface area contributed by atoms with Gasteiger partial charge in [0, 0.05) is 22.6 Å². The van der Waals surface area contributed by atoms with Gasteiger partial charge in [0.1, 0.15) is 11.5 Å². The van der Waals surface area contributed by atoms with Crippen LogP contribution in [-0.2, 0) is 4.79 Å². The summed E-state index contributed by atoms with van der Waals surface area (Å²) < 4.78 is 19.6. The smallest absolute Gasteiger partial charge is 0.250 e. The molecule has 0 spiro atoms. The number of benzene rings is 4. The standard InChI is InChI=1S/C34H29N3O4S2/c1-21-10-4-5-11-23(21)32-24-12-6-8-14-27(24)41-33(22-16-17-28(39-2)29(18-22)40-3)25(32)19-35-37-31(38)20-42-34-36-26-13-7-9-15-30(26)43-34/h4-19,32H,20H2,1-3H3,(H,37,38)/b35-19-/t32-/m1/s1.